The summed E-state index contributed by atoms with van der Waals surface area (Å²) in [6.45, 7) is 1.88. The van der Waals surface area contributed by atoms with Gasteiger partial charge in [-0.25, -0.2) is 4.99 Å². The normalized spacial score (nSPS) is 23.8. The van der Waals surface area contributed by atoms with Gasteiger partial charge in [-0.1, -0.05) is 64.1 Å². The van der Waals surface area contributed by atoms with E-state index in [0.29, 0.717) is 16.4 Å². The maximum atomic E-state index is 12.9. The number of halogens is 1. The third kappa shape index (κ3) is 2.12. The lowest BCUT2D eigenvalue weighted by Crippen LogP contribution is -2.38. The predicted octanol–water partition coefficient (Wildman–Crippen LogP) is 4.43. The summed E-state index contributed by atoms with van der Waals surface area (Å²) in [5.41, 5.74) is 3.82. The second-order valence-corrected chi connectivity index (χ2v) is 8.68. The minimum absolute atomic E-state index is 0.0325. The second-order valence-electron chi connectivity index (χ2n) is 6.45. The van der Waals surface area contributed by atoms with Crippen LogP contribution in [-0.2, 0) is 4.79 Å². The van der Waals surface area contributed by atoms with Gasteiger partial charge < -0.3 is 0 Å². The molecule has 2 aromatic rings. The summed E-state index contributed by atoms with van der Waals surface area (Å²) in [7, 11) is 0. The van der Waals surface area contributed by atoms with Crippen molar-refractivity contribution in [3.05, 3.63) is 75.4 Å². The molecular weight excluding hydrogens is 412 g/mol. The Balaban J connectivity index is 1.77. The lowest BCUT2D eigenvalue weighted by molar-refractivity contribution is -0.126. The maximum Gasteiger partial charge on any atom is 0.242 e. The Morgan fingerprint density at radius 2 is 1.73 bits per heavy atom. The number of amides is 1. The molecule has 3 aliphatic rings. The van der Waals surface area contributed by atoms with E-state index in [2.05, 4.69) is 20.9 Å². The number of nitrogens with zero attached hydrogens (tertiary/aromatic N) is 2. The zero-order valence-corrected chi connectivity index (χ0v) is 16.2. The SMILES string of the molecule is CC1SC2=NC3=C(c4ccccc4C3=O)C(c3ccc(Br)cc3)N2C1=O. The molecule has 0 saturated carbocycles. The third-order valence-electron chi connectivity index (χ3n) is 4.93. The van der Waals surface area contributed by atoms with Crippen molar-refractivity contribution in [2.24, 2.45) is 4.99 Å². The first kappa shape index (κ1) is 16.0. The van der Waals surface area contributed by atoms with E-state index in [1.54, 1.807) is 4.90 Å². The number of amidine groups is 1. The minimum atomic E-state index is -0.330. The molecule has 0 N–H and O–H groups in total. The highest BCUT2D eigenvalue weighted by Gasteiger charge is 2.48. The molecule has 2 aromatic carbocycles. The van der Waals surface area contributed by atoms with Gasteiger partial charge in [0.05, 0.1) is 11.3 Å². The minimum Gasteiger partial charge on any atom is -0.287 e. The Morgan fingerprint density at radius 3 is 2.46 bits per heavy atom. The number of hydrogen-bond donors (Lipinski definition) is 0. The summed E-state index contributed by atoms with van der Waals surface area (Å²) in [6.07, 6.45) is 0. The highest BCUT2D eigenvalue weighted by atomic mass is 79.9. The quantitative estimate of drug-likeness (QED) is 0.679. The van der Waals surface area contributed by atoms with Crippen LogP contribution in [0.3, 0.4) is 0 Å². The van der Waals surface area contributed by atoms with Crippen LogP contribution in [0.2, 0.25) is 0 Å². The molecule has 2 atom stereocenters. The van der Waals surface area contributed by atoms with E-state index in [0.717, 1.165) is 21.2 Å². The Hall–Kier alpha value is -2.18. The Bertz CT molecular complexity index is 1040. The van der Waals surface area contributed by atoms with Crippen LogP contribution in [-0.4, -0.2) is 27.0 Å². The smallest absolute Gasteiger partial charge is 0.242 e. The largest absolute Gasteiger partial charge is 0.287 e. The van der Waals surface area contributed by atoms with E-state index in [-0.39, 0.29) is 23.0 Å². The molecule has 0 bridgehead atoms. The average molecular weight is 425 g/mol. The number of carbonyl (C=O) groups is 2. The number of hydrogen-bond acceptors (Lipinski definition) is 4. The number of rotatable bonds is 1. The standard InChI is InChI=1S/C20H13BrN2O2S/c1-10-19(25)23-17(11-6-8-12(21)9-7-11)15-13-4-2-3-5-14(13)18(24)16(15)22-20(23)26-10/h2-10,17H,1H3. The monoisotopic (exact) mass is 424 g/mol. The van der Waals surface area contributed by atoms with Crippen molar-refractivity contribution in [2.45, 2.75) is 18.2 Å². The molecule has 0 spiro atoms. The van der Waals surface area contributed by atoms with Gasteiger partial charge in [0.25, 0.3) is 0 Å². The first-order valence-electron chi connectivity index (χ1n) is 8.28. The van der Waals surface area contributed by atoms with Crippen LogP contribution < -0.4 is 0 Å². The van der Waals surface area contributed by atoms with Crippen molar-refractivity contribution >= 4 is 50.1 Å². The van der Waals surface area contributed by atoms with Gasteiger partial charge in [0.15, 0.2) is 5.17 Å². The van der Waals surface area contributed by atoms with Crippen LogP contribution in [0.15, 0.2) is 63.7 Å². The molecule has 2 aliphatic heterocycles. The zero-order valence-electron chi connectivity index (χ0n) is 13.8. The van der Waals surface area contributed by atoms with Gasteiger partial charge in [-0.05, 0) is 30.2 Å². The van der Waals surface area contributed by atoms with Gasteiger partial charge in [-0.3, -0.25) is 14.5 Å². The highest BCUT2D eigenvalue weighted by molar-refractivity contribution is 9.10. The van der Waals surface area contributed by atoms with Crippen molar-refractivity contribution in [3.8, 4) is 0 Å². The van der Waals surface area contributed by atoms with Gasteiger partial charge in [0.2, 0.25) is 11.7 Å². The average Bonchev–Trinajstić information content (AvgIpc) is 3.09. The van der Waals surface area contributed by atoms with Crippen LogP contribution in [0.5, 0.6) is 0 Å². The van der Waals surface area contributed by atoms with Gasteiger partial charge in [-0.2, -0.15) is 0 Å². The molecule has 2 unspecified atom stereocenters. The fourth-order valence-corrected chi connectivity index (χ4v) is 4.99. The number of aliphatic imine (C=N–C) groups is 1. The fraction of sp³-hybridized carbons (Fsp3) is 0.150. The van der Waals surface area contributed by atoms with E-state index in [1.807, 2.05) is 55.5 Å². The van der Waals surface area contributed by atoms with Gasteiger partial charge in [0.1, 0.15) is 5.70 Å². The van der Waals surface area contributed by atoms with Crippen LogP contribution in [0.25, 0.3) is 5.57 Å². The van der Waals surface area contributed by atoms with Gasteiger partial charge >= 0.3 is 0 Å². The summed E-state index contributed by atoms with van der Waals surface area (Å²) < 4.78 is 0.971. The van der Waals surface area contributed by atoms with Crippen LogP contribution in [0, 0.1) is 0 Å². The van der Waals surface area contributed by atoms with Crippen LogP contribution in [0.4, 0.5) is 0 Å². The maximum absolute atomic E-state index is 12.9. The van der Waals surface area contributed by atoms with Gasteiger partial charge in [-0.15, -0.1) is 0 Å². The molecule has 4 nitrogen and oxygen atoms in total. The van der Waals surface area contributed by atoms with E-state index in [1.165, 1.54) is 11.8 Å². The summed E-state index contributed by atoms with van der Waals surface area (Å²) >= 11 is 4.88. The Morgan fingerprint density at radius 1 is 1.04 bits per heavy atom. The summed E-state index contributed by atoms with van der Waals surface area (Å²) in [4.78, 5) is 32.2. The highest BCUT2D eigenvalue weighted by Crippen LogP contribution is 2.50. The summed E-state index contributed by atoms with van der Waals surface area (Å²) in [6, 6.07) is 15.1. The number of fused-ring (bicyclic) bond motifs is 3. The summed E-state index contributed by atoms with van der Waals surface area (Å²) in [5, 5.41) is 0.424. The number of Topliss-reactive ketones (excluding diaryl/α,β-unsaturated/α-hetero) is 1. The van der Waals surface area contributed by atoms with Crippen LogP contribution in [0.1, 0.15) is 34.5 Å². The summed E-state index contributed by atoms with van der Waals surface area (Å²) in [5.74, 6) is -0.0255. The van der Waals surface area contributed by atoms with Gasteiger partial charge in [0, 0.05) is 15.6 Å². The number of carbonyl (C=O) groups excluding carboxylic acids is 2. The van der Waals surface area contributed by atoms with Crippen molar-refractivity contribution in [2.75, 3.05) is 0 Å². The molecule has 26 heavy (non-hydrogen) atoms. The zero-order chi connectivity index (χ0) is 18.0. The molecule has 0 aromatic heterocycles. The van der Waals surface area contributed by atoms with Crippen molar-refractivity contribution < 1.29 is 9.59 Å². The van der Waals surface area contributed by atoms with Crippen LogP contribution >= 0.6 is 27.7 Å². The molecule has 1 amide bonds. The first-order chi connectivity index (χ1) is 12.6. The second kappa shape index (κ2) is 5.66. The Labute approximate surface area is 163 Å². The molecule has 128 valence electrons. The van der Waals surface area contributed by atoms with E-state index in [9.17, 15) is 9.59 Å². The Kier molecular flexibility index (Phi) is 3.49. The molecule has 5 rings (SSSR count). The fourth-order valence-electron chi connectivity index (χ4n) is 3.74. The van der Waals surface area contributed by atoms with Crippen molar-refractivity contribution in [3.63, 3.8) is 0 Å². The molecule has 1 fully saturated rings. The molecule has 1 aliphatic carbocycles. The first-order valence-corrected chi connectivity index (χ1v) is 9.95. The van der Waals surface area contributed by atoms with E-state index in [4.69, 9.17) is 0 Å². The molecule has 6 heteroatoms. The van der Waals surface area contributed by atoms with E-state index >= 15 is 0 Å². The van der Waals surface area contributed by atoms with Crippen molar-refractivity contribution in [1.82, 2.24) is 4.90 Å². The number of allylic oxidation sites excluding steroid dienone is 1. The molecular formula is C20H13BrN2O2S. The molecule has 2 heterocycles. The molecule has 1 saturated heterocycles. The lowest BCUT2D eigenvalue weighted by Gasteiger charge is -2.32. The number of ketones is 1. The number of benzene rings is 2. The third-order valence-corrected chi connectivity index (χ3v) is 6.51. The predicted molar refractivity (Wildman–Crippen MR) is 106 cm³/mol. The lowest BCUT2D eigenvalue weighted by atomic mass is 9.91. The molecule has 0 radical (unpaired) electrons. The topological polar surface area (TPSA) is 49.7 Å². The van der Waals surface area contributed by atoms with E-state index < -0.39 is 0 Å². The number of thioether (sulfide) groups is 1. The van der Waals surface area contributed by atoms with Crippen molar-refractivity contribution in [1.29, 1.82) is 0 Å².